The first-order valence-corrected chi connectivity index (χ1v) is 7.58. The Morgan fingerprint density at radius 3 is 2.83 bits per heavy atom. The standard InChI is InChI=1S/C12H19N5S/c13-7-6-11-16-17-10(14-15-12(17)18-11)8-9-4-2-1-3-5-9/h9H,1-8,13H2. The number of hydrogen-bond acceptors (Lipinski definition) is 5. The molecule has 0 aliphatic heterocycles. The molecule has 0 saturated heterocycles. The fraction of sp³-hybridized carbons (Fsp3) is 0.750. The molecule has 0 atom stereocenters. The molecule has 2 heterocycles. The molecule has 1 saturated carbocycles. The molecule has 2 aromatic heterocycles. The van der Waals surface area contributed by atoms with Gasteiger partial charge in [0.1, 0.15) is 5.01 Å². The van der Waals surface area contributed by atoms with Crippen LogP contribution in [0.4, 0.5) is 0 Å². The highest BCUT2D eigenvalue weighted by Crippen LogP contribution is 2.26. The van der Waals surface area contributed by atoms with Crippen LogP contribution in [0.15, 0.2) is 0 Å². The van der Waals surface area contributed by atoms with Gasteiger partial charge < -0.3 is 5.73 Å². The summed E-state index contributed by atoms with van der Waals surface area (Å²) in [7, 11) is 0. The number of rotatable bonds is 4. The van der Waals surface area contributed by atoms with Gasteiger partial charge in [0.2, 0.25) is 4.96 Å². The zero-order valence-corrected chi connectivity index (χ0v) is 11.3. The van der Waals surface area contributed by atoms with E-state index in [0.717, 1.165) is 34.6 Å². The number of fused-ring (bicyclic) bond motifs is 1. The molecule has 1 aliphatic carbocycles. The average Bonchev–Trinajstić information content (AvgIpc) is 2.93. The third kappa shape index (κ3) is 2.40. The molecule has 18 heavy (non-hydrogen) atoms. The Morgan fingerprint density at radius 2 is 2.06 bits per heavy atom. The quantitative estimate of drug-likeness (QED) is 0.915. The van der Waals surface area contributed by atoms with Crippen molar-refractivity contribution in [3.8, 4) is 0 Å². The van der Waals surface area contributed by atoms with Crippen LogP contribution in [0, 0.1) is 5.92 Å². The van der Waals surface area contributed by atoms with Crippen molar-refractivity contribution in [1.82, 2.24) is 19.8 Å². The molecule has 6 heteroatoms. The highest BCUT2D eigenvalue weighted by Gasteiger charge is 2.18. The van der Waals surface area contributed by atoms with E-state index in [1.165, 1.54) is 32.1 Å². The molecule has 2 N–H and O–H groups in total. The Balaban J connectivity index is 1.78. The van der Waals surface area contributed by atoms with Crippen LogP contribution < -0.4 is 5.73 Å². The Kier molecular flexibility index (Phi) is 3.56. The molecular formula is C12H19N5S. The van der Waals surface area contributed by atoms with E-state index in [1.54, 1.807) is 11.3 Å². The highest BCUT2D eigenvalue weighted by molar-refractivity contribution is 7.16. The normalized spacial score (nSPS) is 17.6. The lowest BCUT2D eigenvalue weighted by atomic mass is 9.87. The first-order chi connectivity index (χ1) is 8.86. The zero-order chi connectivity index (χ0) is 12.4. The Bertz CT molecular complexity index is 511. The van der Waals surface area contributed by atoms with E-state index in [0.29, 0.717) is 6.54 Å². The van der Waals surface area contributed by atoms with Crippen LogP contribution >= 0.6 is 11.3 Å². The van der Waals surface area contributed by atoms with Gasteiger partial charge in [0.25, 0.3) is 0 Å². The molecule has 2 aromatic rings. The van der Waals surface area contributed by atoms with E-state index in [2.05, 4.69) is 15.3 Å². The van der Waals surface area contributed by atoms with E-state index in [1.807, 2.05) is 4.52 Å². The molecule has 0 unspecified atom stereocenters. The molecule has 1 fully saturated rings. The second-order valence-corrected chi connectivity index (χ2v) is 6.09. The van der Waals surface area contributed by atoms with Crippen molar-refractivity contribution in [2.75, 3.05) is 6.54 Å². The van der Waals surface area contributed by atoms with Gasteiger partial charge in [0, 0.05) is 12.8 Å². The maximum absolute atomic E-state index is 5.56. The maximum Gasteiger partial charge on any atom is 0.234 e. The van der Waals surface area contributed by atoms with Gasteiger partial charge in [-0.3, -0.25) is 0 Å². The molecule has 0 spiro atoms. The molecule has 0 amide bonds. The summed E-state index contributed by atoms with van der Waals surface area (Å²) in [5, 5.41) is 14.1. The first-order valence-electron chi connectivity index (χ1n) is 6.77. The Hall–Kier alpha value is -1.01. The van der Waals surface area contributed by atoms with Crippen LogP contribution in [0.25, 0.3) is 4.96 Å². The summed E-state index contributed by atoms with van der Waals surface area (Å²) < 4.78 is 1.92. The fourth-order valence-corrected chi connectivity index (χ4v) is 3.57. The van der Waals surface area contributed by atoms with Crippen molar-refractivity contribution < 1.29 is 0 Å². The summed E-state index contributed by atoms with van der Waals surface area (Å²) in [6.07, 6.45) is 8.63. The van der Waals surface area contributed by atoms with E-state index >= 15 is 0 Å². The number of nitrogens with zero attached hydrogens (tertiary/aromatic N) is 4. The van der Waals surface area contributed by atoms with Crippen LogP contribution in [0.1, 0.15) is 42.9 Å². The van der Waals surface area contributed by atoms with Gasteiger partial charge >= 0.3 is 0 Å². The van der Waals surface area contributed by atoms with Gasteiger partial charge in [-0.2, -0.15) is 9.61 Å². The van der Waals surface area contributed by atoms with E-state index in [4.69, 9.17) is 5.73 Å². The summed E-state index contributed by atoms with van der Waals surface area (Å²) in [6.45, 7) is 0.641. The van der Waals surface area contributed by atoms with Gasteiger partial charge in [-0.25, -0.2) is 0 Å². The second kappa shape index (κ2) is 5.32. The van der Waals surface area contributed by atoms with E-state index < -0.39 is 0 Å². The average molecular weight is 265 g/mol. The summed E-state index contributed by atoms with van der Waals surface area (Å²) in [6, 6.07) is 0. The van der Waals surface area contributed by atoms with Crippen molar-refractivity contribution in [3.63, 3.8) is 0 Å². The van der Waals surface area contributed by atoms with Crippen LogP contribution in [0.5, 0.6) is 0 Å². The molecule has 3 rings (SSSR count). The molecular weight excluding hydrogens is 246 g/mol. The lowest BCUT2D eigenvalue weighted by molar-refractivity contribution is 0.349. The van der Waals surface area contributed by atoms with Crippen molar-refractivity contribution in [3.05, 3.63) is 10.8 Å². The van der Waals surface area contributed by atoms with Crippen LogP contribution in [-0.4, -0.2) is 26.4 Å². The van der Waals surface area contributed by atoms with Crippen molar-refractivity contribution in [2.45, 2.75) is 44.9 Å². The Morgan fingerprint density at radius 1 is 1.22 bits per heavy atom. The van der Waals surface area contributed by atoms with Crippen LogP contribution in [0.3, 0.4) is 0 Å². The molecule has 5 nitrogen and oxygen atoms in total. The van der Waals surface area contributed by atoms with Gasteiger partial charge in [0.15, 0.2) is 5.82 Å². The van der Waals surface area contributed by atoms with E-state index in [9.17, 15) is 0 Å². The predicted octanol–water partition coefficient (Wildman–Crippen LogP) is 1.81. The van der Waals surface area contributed by atoms with Gasteiger partial charge in [-0.05, 0) is 12.5 Å². The number of aromatic nitrogens is 4. The van der Waals surface area contributed by atoms with E-state index in [-0.39, 0.29) is 0 Å². The monoisotopic (exact) mass is 265 g/mol. The molecule has 98 valence electrons. The smallest absolute Gasteiger partial charge is 0.234 e. The third-order valence-corrected chi connectivity index (χ3v) is 4.61. The SMILES string of the molecule is NCCc1nn2c(CC3CCCCC3)nnc2s1. The molecule has 0 bridgehead atoms. The molecule has 0 radical (unpaired) electrons. The molecule has 0 aromatic carbocycles. The summed E-state index contributed by atoms with van der Waals surface area (Å²) >= 11 is 1.60. The second-order valence-electron chi connectivity index (χ2n) is 5.05. The fourth-order valence-electron chi connectivity index (χ4n) is 2.70. The van der Waals surface area contributed by atoms with Gasteiger partial charge in [-0.15, -0.1) is 10.2 Å². The lowest BCUT2D eigenvalue weighted by Crippen LogP contribution is -2.12. The minimum Gasteiger partial charge on any atom is -0.330 e. The number of nitrogens with two attached hydrogens (primary N) is 1. The zero-order valence-electron chi connectivity index (χ0n) is 10.5. The Labute approximate surface area is 110 Å². The minimum absolute atomic E-state index is 0.641. The maximum atomic E-state index is 5.56. The van der Waals surface area contributed by atoms with Gasteiger partial charge in [0.05, 0.1) is 0 Å². The first kappa shape index (κ1) is 12.0. The van der Waals surface area contributed by atoms with Crippen molar-refractivity contribution in [1.29, 1.82) is 0 Å². The summed E-state index contributed by atoms with van der Waals surface area (Å²) in [4.78, 5) is 0.907. The van der Waals surface area contributed by atoms with Crippen LogP contribution in [-0.2, 0) is 12.8 Å². The summed E-state index contributed by atoms with van der Waals surface area (Å²) in [5.41, 5.74) is 5.56. The third-order valence-electron chi connectivity index (χ3n) is 3.65. The predicted molar refractivity (Wildman–Crippen MR) is 71.7 cm³/mol. The topological polar surface area (TPSA) is 69.1 Å². The minimum atomic E-state index is 0.641. The summed E-state index contributed by atoms with van der Waals surface area (Å²) in [5.74, 6) is 1.79. The largest absolute Gasteiger partial charge is 0.330 e. The van der Waals surface area contributed by atoms with Crippen molar-refractivity contribution in [2.24, 2.45) is 11.7 Å². The van der Waals surface area contributed by atoms with Gasteiger partial charge in [-0.1, -0.05) is 43.4 Å². The lowest BCUT2D eigenvalue weighted by Gasteiger charge is -2.20. The molecule has 1 aliphatic rings. The van der Waals surface area contributed by atoms with Crippen LogP contribution in [0.2, 0.25) is 0 Å². The highest BCUT2D eigenvalue weighted by atomic mass is 32.1. The van der Waals surface area contributed by atoms with Crippen molar-refractivity contribution >= 4 is 16.3 Å². The number of hydrogen-bond donors (Lipinski definition) is 1.